The topological polar surface area (TPSA) is 86.5 Å². The van der Waals surface area contributed by atoms with Gasteiger partial charge in [-0.2, -0.15) is 0 Å². The zero-order valence-electron chi connectivity index (χ0n) is 15.3. The van der Waals surface area contributed by atoms with Gasteiger partial charge in [-0.25, -0.2) is 0 Å². The summed E-state index contributed by atoms with van der Waals surface area (Å²) >= 11 is 0. The largest absolute Gasteiger partial charge is 0.493 e. The minimum absolute atomic E-state index is 0.241. The lowest BCUT2D eigenvalue weighted by molar-refractivity contribution is 0.0946. The number of amides is 1. The second-order valence-corrected chi connectivity index (χ2v) is 5.80. The number of methoxy groups -OCH3 is 1. The van der Waals surface area contributed by atoms with E-state index in [0.29, 0.717) is 22.8 Å². The predicted octanol–water partition coefficient (Wildman–Crippen LogP) is 3.15. The monoisotopic (exact) mass is 367 g/mol. The smallest absolute Gasteiger partial charge is 0.251 e. The van der Waals surface area contributed by atoms with Gasteiger partial charge in [0.25, 0.3) is 5.91 Å². The van der Waals surface area contributed by atoms with E-state index in [-0.39, 0.29) is 19.1 Å². The van der Waals surface area contributed by atoms with E-state index in [0.717, 1.165) is 17.8 Å². The van der Waals surface area contributed by atoms with Crippen LogP contribution in [0.25, 0.3) is 0 Å². The molecule has 0 unspecified atom stereocenters. The minimum Gasteiger partial charge on any atom is -0.493 e. The molecule has 0 saturated heterocycles. The zero-order valence-corrected chi connectivity index (χ0v) is 15.3. The minimum atomic E-state index is -0.241. The van der Waals surface area contributed by atoms with Crippen molar-refractivity contribution in [3.8, 4) is 11.5 Å². The zero-order chi connectivity index (χ0) is 19.1. The van der Waals surface area contributed by atoms with Crippen LogP contribution in [0.3, 0.4) is 0 Å². The van der Waals surface area contributed by atoms with E-state index >= 15 is 0 Å². The number of aryl methyl sites for hydroxylation is 1. The van der Waals surface area contributed by atoms with Crippen molar-refractivity contribution in [1.82, 2.24) is 15.5 Å². The summed E-state index contributed by atoms with van der Waals surface area (Å²) in [5.74, 6) is 1.39. The Morgan fingerprint density at radius 2 is 2.04 bits per heavy atom. The molecule has 1 amide bonds. The van der Waals surface area contributed by atoms with Gasteiger partial charge >= 0.3 is 0 Å². The number of benzene rings is 1. The summed E-state index contributed by atoms with van der Waals surface area (Å²) in [6, 6.07) is 12.5. The molecule has 0 saturated carbocycles. The van der Waals surface area contributed by atoms with Gasteiger partial charge in [-0.05, 0) is 36.8 Å². The molecule has 7 nitrogen and oxygen atoms in total. The molecule has 3 rings (SSSR count). The molecular weight excluding hydrogens is 346 g/mol. The van der Waals surface area contributed by atoms with Crippen LogP contribution in [0.2, 0.25) is 0 Å². The Kier molecular flexibility index (Phi) is 6.04. The number of carbonyl (C=O) groups excluding carboxylic acids is 1. The molecule has 0 aliphatic carbocycles. The third-order valence-corrected chi connectivity index (χ3v) is 3.92. The number of rotatable bonds is 8. The molecule has 0 aliphatic rings. The number of hydrogen-bond donors (Lipinski definition) is 1. The van der Waals surface area contributed by atoms with E-state index in [9.17, 15) is 4.79 Å². The van der Waals surface area contributed by atoms with Gasteiger partial charge in [0.05, 0.1) is 25.0 Å². The van der Waals surface area contributed by atoms with E-state index < -0.39 is 0 Å². The van der Waals surface area contributed by atoms with Crippen LogP contribution in [0.1, 0.15) is 34.4 Å². The molecule has 0 aliphatic heterocycles. The summed E-state index contributed by atoms with van der Waals surface area (Å²) in [6.45, 7) is 2.53. The molecule has 0 spiro atoms. The van der Waals surface area contributed by atoms with Gasteiger partial charge in [-0.15, -0.1) is 0 Å². The molecule has 140 valence electrons. The van der Waals surface area contributed by atoms with Crippen LogP contribution >= 0.6 is 0 Å². The van der Waals surface area contributed by atoms with E-state index in [1.54, 1.807) is 31.5 Å². The lowest BCUT2D eigenvalue weighted by Gasteiger charge is -2.12. The van der Waals surface area contributed by atoms with Crippen LogP contribution in [0.15, 0.2) is 53.2 Å². The van der Waals surface area contributed by atoms with Gasteiger partial charge in [0.15, 0.2) is 17.3 Å². The number of nitrogens with one attached hydrogen (secondary N) is 1. The first-order valence-electron chi connectivity index (χ1n) is 8.63. The maximum Gasteiger partial charge on any atom is 0.251 e. The van der Waals surface area contributed by atoms with E-state index in [4.69, 9.17) is 14.0 Å². The van der Waals surface area contributed by atoms with Gasteiger partial charge in [0.1, 0.15) is 6.61 Å². The molecular formula is C20H21N3O4. The number of ether oxygens (including phenoxy) is 2. The van der Waals surface area contributed by atoms with Crippen molar-refractivity contribution < 1.29 is 18.8 Å². The predicted molar refractivity (Wildman–Crippen MR) is 98.6 cm³/mol. The van der Waals surface area contributed by atoms with Crippen LogP contribution in [0.4, 0.5) is 0 Å². The van der Waals surface area contributed by atoms with Crippen LogP contribution < -0.4 is 14.8 Å². The Balaban J connectivity index is 1.66. The van der Waals surface area contributed by atoms with Crippen LogP contribution in [-0.4, -0.2) is 23.2 Å². The number of aromatic nitrogens is 2. The Hall–Kier alpha value is -3.35. The summed E-state index contributed by atoms with van der Waals surface area (Å²) in [6.07, 6.45) is 2.49. The summed E-state index contributed by atoms with van der Waals surface area (Å²) < 4.78 is 16.3. The first kappa shape index (κ1) is 18.4. The summed E-state index contributed by atoms with van der Waals surface area (Å²) in [7, 11) is 1.55. The fourth-order valence-corrected chi connectivity index (χ4v) is 2.44. The number of carbonyl (C=O) groups is 1. The van der Waals surface area contributed by atoms with Crippen LogP contribution in [-0.2, 0) is 19.6 Å². The lowest BCUT2D eigenvalue weighted by Crippen LogP contribution is -2.22. The molecule has 7 heteroatoms. The van der Waals surface area contributed by atoms with Gasteiger partial charge in [-0.3, -0.25) is 9.78 Å². The average molecular weight is 367 g/mol. The van der Waals surface area contributed by atoms with E-state index in [1.807, 2.05) is 31.2 Å². The highest BCUT2D eigenvalue weighted by Gasteiger charge is 2.13. The van der Waals surface area contributed by atoms with Crippen molar-refractivity contribution in [3.63, 3.8) is 0 Å². The van der Waals surface area contributed by atoms with Crippen molar-refractivity contribution in [2.24, 2.45) is 0 Å². The molecule has 1 N–H and O–H groups in total. The number of nitrogens with zero attached hydrogens (tertiary/aromatic N) is 2. The maximum atomic E-state index is 12.4. The van der Waals surface area contributed by atoms with Crippen LogP contribution in [0.5, 0.6) is 11.5 Å². The van der Waals surface area contributed by atoms with Crippen molar-refractivity contribution in [1.29, 1.82) is 0 Å². The first-order valence-corrected chi connectivity index (χ1v) is 8.63. The van der Waals surface area contributed by atoms with E-state index in [1.165, 1.54) is 0 Å². The standard InChI is InChI=1S/C20H21N3O4/c1-3-15-11-17(27-23-15)12-22-20(24)14-7-8-18(25-2)19(10-14)26-13-16-6-4-5-9-21-16/h4-11H,3,12-13H2,1-2H3,(H,22,24). The second kappa shape index (κ2) is 8.84. The van der Waals surface area contributed by atoms with Crippen LogP contribution in [0, 0.1) is 0 Å². The molecule has 1 aromatic carbocycles. The quantitative estimate of drug-likeness (QED) is 0.658. The number of pyridine rings is 1. The fourth-order valence-electron chi connectivity index (χ4n) is 2.44. The van der Waals surface area contributed by atoms with Gasteiger partial charge in [0.2, 0.25) is 0 Å². The molecule has 0 bridgehead atoms. The maximum absolute atomic E-state index is 12.4. The molecule has 0 fully saturated rings. The molecule has 0 radical (unpaired) electrons. The lowest BCUT2D eigenvalue weighted by atomic mass is 10.2. The van der Waals surface area contributed by atoms with Gasteiger partial charge in [-0.1, -0.05) is 18.1 Å². The highest BCUT2D eigenvalue weighted by molar-refractivity contribution is 5.94. The second-order valence-electron chi connectivity index (χ2n) is 5.80. The molecule has 2 aromatic heterocycles. The third kappa shape index (κ3) is 4.84. The molecule has 2 heterocycles. The van der Waals surface area contributed by atoms with Crippen molar-refractivity contribution in [2.75, 3.05) is 7.11 Å². The fraction of sp³-hybridized carbons (Fsp3) is 0.250. The highest BCUT2D eigenvalue weighted by Crippen LogP contribution is 2.28. The molecule has 0 atom stereocenters. The Labute approximate surface area is 157 Å². The molecule has 27 heavy (non-hydrogen) atoms. The summed E-state index contributed by atoms with van der Waals surface area (Å²) in [5.41, 5.74) is 2.10. The Bertz CT molecular complexity index is 893. The highest BCUT2D eigenvalue weighted by atomic mass is 16.5. The average Bonchev–Trinajstić information content (AvgIpc) is 3.19. The Morgan fingerprint density at radius 1 is 1.15 bits per heavy atom. The van der Waals surface area contributed by atoms with Gasteiger partial charge in [0, 0.05) is 17.8 Å². The SMILES string of the molecule is CCc1cc(CNC(=O)c2ccc(OC)c(OCc3ccccn3)c2)on1. The first-order chi connectivity index (χ1) is 13.2. The summed E-state index contributed by atoms with van der Waals surface area (Å²) in [5, 5.41) is 6.72. The number of hydrogen-bond acceptors (Lipinski definition) is 6. The summed E-state index contributed by atoms with van der Waals surface area (Å²) in [4.78, 5) is 16.7. The molecule has 3 aromatic rings. The van der Waals surface area contributed by atoms with Crippen molar-refractivity contribution in [3.05, 3.63) is 71.4 Å². The van der Waals surface area contributed by atoms with Crippen molar-refractivity contribution in [2.45, 2.75) is 26.5 Å². The Morgan fingerprint density at radius 3 is 2.74 bits per heavy atom. The van der Waals surface area contributed by atoms with Gasteiger partial charge < -0.3 is 19.3 Å². The van der Waals surface area contributed by atoms with Crippen molar-refractivity contribution >= 4 is 5.91 Å². The van der Waals surface area contributed by atoms with E-state index in [2.05, 4.69) is 15.5 Å². The third-order valence-electron chi connectivity index (χ3n) is 3.92. The normalized spacial score (nSPS) is 10.4.